The van der Waals surface area contributed by atoms with Gasteiger partial charge in [-0.1, -0.05) is 34.6 Å². The van der Waals surface area contributed by atoms with Gasteiger partial charge in [-0.3, -0.25) is 9.58 Å². The van der Waals surface area contributed by atoms with Gasteiger partial charge >= 0.3 is 6.61 Å². The van der Waals surface area contributed by atoms with Crippen LogP contribution in [0, 0.1) is 11.8 Å². The highest BCUT2D eigenvalue weighted by molar-refractivity contribution is 5.63. The van der Waals surface area contributed by atoms with Crippen molar-refractivity contribution in [1.82, 2.24) is 19.7 Å². The number of fused-ring (bicyclic) bond motifs is 1. The van der Waals surface area contributed by atoms with E-state index in [1.807, 2.05) is 59.6 Å². The number of anilines is 1. The van der Waals surface area contributed by atoms with Crippen molar-refractivity contribution in [2.45, 2.75) is 92.8 Å². The molecule has 10 heteroatoms. The van der Waals surface area contributed by atoms with Crippen LogP contribution in [-0.4, -0.2) is 51.8 Å². The van der Waals surface area contributed by atoms with Gasteiger partial charge in [0.1, 0.15) is 0 Å². The molecule has 0 spiro atoms. The molecule has 2 saturated carbocycles. The van der Waals surface area contributed by atoms with Crippen LogP contribution >= 0.6 is 0 Å². The van der Waals surface area contributed by atoms with Crippen LogP contribution in [0.2, 0.25) is 0 Å². The lowest BCUT2D eigenvalue weighted by Crippen LogP contribution is -2.37. The van der Waals surface area contributed by atoms with Gasteiger partial charge in [0, 0.05) is 30.0 Å². The van der Waals surface area contributed by atoms with Crippen LogP contribution in [0.1, 0.15) is 73.8 Å². The van der Waals surface area contributed by atoms with E-state index in [1.165, 1.54) is 31.5 Å². The molecule has 2 aliphatic rings. The zero-order valence-electron chi connectivity index (χ0n) is 22.6. The van der Waals surface area contributed by atoms with Crippen molar-refractivity contribution in [3.05, 3.63) is 24.5 Å². The second kappa shape index (κ2) is 15.7. The van der Waals surface area contributed by atoms with E-state index in [0.717, 1.165) is 18.4 Å². The van der Waals surface area contributed by atoms with Crippen LogP contribution in [0.4, 0.5) is 23.4 Å². The predicted molar refractivity (Wildman–Crippen MR) is 137 cm³/mol. The fourth-order valence-corrected chi connectivity index (χ4v) is 4.26. The molecule has 2 atom stereocenters. The summed E-state index contributed by atoms with van der Waals surface area (Å²) in [6.07, 6.45) is 4.82. The standard InChI is InChI=1S/C12H14F2N4O.C10H17F2N.2C2H6/c1-7(2)18-4-3-9(17-18)8-5-10(19-12(13)14)11(15)16-6-8;1-2-13(6-10(11)12)9-4-7-3-8(7)5-9;2*1-2/h3-7,12H,1-2H3,(H2,15,16);7-10H,2-6H2,1H3;2*1-2H3. The zero-order chi connectivity index (χ0) is 27.4. The molecule has 0 aromatic carbocycles. The third-order valence-electron chi connectivity index (χ3n) is 6.04. The summed E-state index contributed by atoms with van der Waals surface area (Å²) in [7, 11) is 0. The number of alkyl halides is 4. The topological polar surface area (TPSA) is 69.2 Å². The Hall–Kier alpha value is -2.36. The molecule has 2 heterocycles. The maximum atomic E-state index is 12.2. The van der Waals surface area contributed by atoms with Crippen molar-refractivity contribution in [2.24, 2.45) is 11.8 Å². The van der Waals surface area contributed by atoms with E-state index in [1.54, 1.807) is 10.7 Å². The highest BCUT2D eigenvalue weighted by Crippen LogP contribution is 2.53. The average Bonchev–Trinajstić information content (AvgIpc) is 3.24. The molecule has 36 heavy (non-hydrogen) atoms. The normalized spacial score (nSPS) is 19.7. The average molecular weight is 518 g/mol. The Kier molecular flexibility index (Phi) is 13.8. The van der Waals surface area contributed by atoms with E-state index in [-0.39, 0.29) is 24.2 Å². The van der Waals surface area contributed by atoms with Crippen LogP contribution in [0.5, 0.6) is 5.75 Å². The van der Waals surface area contributed by atoms with Gasteiger partial charge in [-0.25, -0.2) is 13.8 Å². The summed E-state index contributed by atoms with van der Waals surface area (Å²) in [5.41, 5.74) is 6.67. The van der Waals surface area contributed by atoms with E-state index in [0.29, 0.717) is 17.3 Å². The number of aromatic nitrogens is 3. The van der Waals surface area contributed by atoms with E-state index in [4.69, 9.17) is 5.73 Å². The second-order valence-electron chi connectivity index (χ2n) is 8.62. The lowest BCUT2D eigenvalue weighted by atomic mass is 10.1. The molecule has 4 rings (SSSR count). The van der Waals surface area contributed by atoms with Gasteiger partial charge in [-0.05, 0) is 63.6 Å². The fourth-order valence-electron chi connectivity index (χ4n) is 4.26. The molecule has 2 N–H and O–H groups in total. The molecule has 0 bridgehead atoms. The third kappa shape index (κ3) is 9.59. The number of hydrogen-bond acceptors (Lipinski definition) is 5. The number of hydrogen-bond donors (Lipinski definition) is 1. The van der Waals surface area contributed by atoms with Crippen LogP contribution < -0.4 is 10.5 Å². The molecule has 2 unspecified atom stereocenters. The van der Waals surface area contributed by atoms with Crippen molar-refractivity contribution < 1.29 is 22.3 Å². The summed E-state index contributed by atoms with van der Waals surface area (Å²) in [5, 5.41) is 4.32. The Morgan fingerprint density at radius 3 is 2.17 bits per heavy atom. The lowest BCUT2D eigenvalue weighted by Gasteiger charge is -2.28. The number of nitrogen functional groups attached to an aromatic ring is 1. The van der Waals surface area contributed by atoms with Crippen molar-refractivity contribution in [3.63, 3.8) is 0 Å². The smallest absolute Gasteiger partial charge is 0.387 e. The Morgan fingerprint density at radius 1 is 1.08 bits per heavy atom. The maximum Gasteiger partial charge on any atom is 0.387 e. The SMILES string of the molecule is CC.CC.CC(C)n1ccc(-c2cnc(N)c(OC(F)F)c2)n1.CCN(CC(F)F)C1CC2CC2C1. The monoisotopic (exact) mass is 517 g/mol. The predicted octanol–water partition coefficient (Wildman–Crippen LogP) is 7.13. The number of pyridine rings is 1. The first kappa shape index (κ1) is 31.7. The summed E-state index contributed by atoms with van der Waals surface area (Å²) < 4.78 is 54.9. The first-order chi connectivity index (χ1) is 17.2. The number of halogens is 4. The Balaban J connectivity index is 0.000000332. The molecule has 206 valence electrons. The van der Waals surface area contributed by atoms with Crippen LogP contribution in [0.3, 0.4) is 0 Å². The largest absolute Gasteiger partial charge is 0.431 e. The quantitative estimate of drug-likeness (QED) is 0.377. The Morgan fingerprint density at radius 2 is 1.69 bits per heavy atom. The number of rotatable bonds is 8. The molecule has 2 aliphatic carbocycles. The number of ether oxygens (including phenoxy) is 1. The van der Waals surface area contributed by atoms with Gasteiger partial charge in [-0.15, -0.1) is 0 Å². The lowest BCUT2D eigenvalue weighted by molar-refractivity contribution is -0.0494. The van der Waals surface area contributed by atoms with Gasteiger partial charge in [0.25, 0.3) is 6.43 Å². The van der Waals surface area contributed by atoms with Crippen molar-refractivity contribution in [2.75, 3.05) is 18.8 Å². The first-order valence-electron chi connectivity index (χ1n) is 13.0. The van der Waals surface area contributed by atoms with Crippen LogP contribution in [0.25, 0.3) is 11.3 Å². The number of nitrogens with two attached hydrogens (primary N) is 1. The van der Waals surface area contributed by atoms with E-state index < -0.39 is 13.0 Å². The second-order valence-corrected chi connectivity index (χ2v) is 8.62. The molecular formula is C26H43F4N5O. The minimum atomic E-state index is -2.94. The highest BCUT2D eigenvalue weighted by atomic mass is 19.3. The summed E-state index contributed by atoms with van der Waals surface area (Å²) in [6, 6.07) is 3.86. The molecule has 2 aromatic heterocycles. The minimum absolute atomic E-state index is 0.0272. The first-order valence-corrected chi connectivity index (χ1v) is 13.0. The minimum Gasteiger partial charge on any atom is -0.431 e. The van der Waals surface area contributed by atoms with Gasteiger partial charge in [0.05, 0.1) is 12.2 Å². The molecular weight excluding hydrogens is 474 g/mol. The summed E-state index contributed by atoms with van der Waals surface area (Å²) in [6.45, 7) is 11.8. The summed E-state index contributed by atoms with van der Waals surface area (Å²) in [4.78, 5) is 5.79. The molecule has 0 radical (unpaired) electrons. The molecule has 2 fully saturated rings. The maximum absolute atomic E-state index is 12.2. The van der Waals surface area contributed by atoms with Crippen molar-refractivity contribution >= 4 is 5.82 Å². The van der Waals surface area contributed by atoms with Gasteiger partial charge < -0.3 is 10.5 Å². The Bertz CT molecular complexity index is 868. The van der Waals surface area contributed by atoms with Gasteiger partial charge in [0.2, 0.25) is 0 Å². The summed E-state index contributed by atoms with van der Waals surface area (Å²) >= 11 is 0. The summed E-state index contributed by atoms with van der Waals surface area (Å²) in [5.74, 6) is 1.55. The van der Waals surface area contributed by atoms with E-state index in [2.05, 4.69) is 14.8 Å². The highest BCUT2D eigenvalue weighted by Gasteiger charge is 2.47. The molecule has 0 aliphatic heterocycles. The van der Waals surface area contributed by atoms with E-state index >= 15 is 0 Å². The fraction of sp³-hybridized carbons (Fsp3) is 0.692. The Labute approximate surface area is 213 Å². The number of nitrogens with zero attached hydrogens (tertiary/aromatic N) is 4. The molecule has 0 saturated heterocycles. The van der Waals surface area contributed by atoms with Gasteiger partial charge in [-0.2, -0.15) is 13.9 Å². The van der Waals surface area contributed by atoms with Crippen molar-refractivity contribution in [1.29, 1.82) is 0 Å². The van der Waals surface area contributed by atoms with E-state index in [9.17, 15) is 17.6 Å². The molecule has 6 nitrogen and oxygen atoms in total. The van der Waals surface area contributed by atoms with Crippen LogP contribution in [0.15, 0.2) is 24.5 Å². The van der Waals surface area contributed by atoms with Crippen molar-refractivity contribution in [3.8, 4) is 17.0 Å². The molecule has 0 amide bonds. The van der Waals surface area contributed by atoms with Gasteiger partial charge in [0.15, 0.2) is 11.6 Å². The van der Waals surface area contributed by atoms with Crippen LogP contribution in [-0.2, 0) is 0 Å². The zero-order valence-corrected chi connectivity index (χ0v) is 22.6. The third-order valence-corrected chi connectivity index (χ3v) is 6.04. The molecule has 2 aromatic rings.